The highest BCUT2D eigenvalue weighted by Crippen LogP contribution is 2.23. The normalized spacial score (nSPS) is 12.0. The molecule has 6 heteroatoms. The zero-order valence-electron chi connectivity index (χ0n) is 9.47. The lowest BCUT2D eigenvalue weighted by Gasteiger charge is -2.18. The highest BCUT2D eigenvalue weighted by Gasteiger charge is 2.13. The van der Waals surface area contributed by atoms with Crippen LogP contribution < -0.4 is 16.4 Å². The predicted molar refractivity (Wildman–Crippen MR) is 66.6 cm³/mol. The molecule has 0 heterocycles. The SMILES string of the molecule is CNC(=O)CC(CN)Nc1cc(F)ccc1Cl. The number of anilines is 1. The summed E-state index contributed by atoms with van der Waals surface area (Å²) in [5.74, 6) is -0.534. The van der Waals surface area contributed by atoms with E-state index in [1.54, 1.807) is 7.05 Å². The molecule has 1 aromatic rings. The molecular weight excluding hydrogens is 245 g/mol. The molecule has 0 fully saturated rings. The maximum absolute atomic E-state index is 13.0. The highest BCUT2D eigenvalue weighted by molar-refractivity contribution is 6.33. The van der Waals surface area contributed by atoms with Gasteiger partial charge in [-0.1, -0.05) is 11.6 Å². The molecule has 0 aliphatic heterocycles. The van der Waals surface area contributed by atoms with Crippen LogP contribution in [0.2, 0.25) is 5.02 Å². The van der Waals surface area contributed by atoms with Crippen LogP contribution >= 0.6 is 11.6 Å². The van der Waals surface area contributed by atoms with Crippen LogP contribution in [0, 0.1) is 5.82 Å². The Kier molecular flexibility index (Phi) is 5.18. The van der Waals surface area contributed by atoms with Crippen LogP contribution in [0.3, 0.4) is 0 Å². The van der Waals surface area contributed by atoms with Gasteiger partial charge in [0, 0.05) is 26.1 Å². The average molecular weight is 260 g/mol. The van der Waals surface area contributed by atoms with Gasteiger partial charge in [-0.15, -0.1) is 0 Å². The van der Waals surface area contributed by atoms with Crippen molar-refractivity contribution in [3.63, 3.8) is 0 Å². The molecule has 0 aliphatic rings. The molecule has 1 rings (SSSR count). The quantitative estimate of drug-likeness (QED) is 0.748. The third-order valence-electron chi connectivity index (χ3n) is 2.28. The van der Waals surface area contributed by atoms with Gasteiger partial charge in [-0.05, 0) is 18.2 Å². The van der Waals surface area contributed by atoms with Crippen molar-refractivity contribution in [2.24, 2.45) is 5.73 Å². The fraction of sp³-hybridized carbons (Fsp3) is 0.364. The van der Waals surface area contributed by atoms with Crippen molar-refractivity contribution in [2.75, 3.05) is 18.9 Å². The zero-order chi connectivity index (χ0) is 12.8. The van der Waals surface area contributed by atoms with Gasteiger partial charge in [-0.25, -0.2) is 4.39 Å². The smallest absolute Gasteiger partial charge is 0.221 e. The van der Waals surface area contributed by atoms with E-state index in [-0.39, 0.29) is 24.9 Å². The van der Waals surface area contributed by atoms with Crippen molar-refractivity contribution in [3.05, 3.63) is 29.0 Å². The number of rotatable bonds is 5. The molecule has 0 spiro atoms. The molecule has 0 saturated heterocycles. The van der Waals surface area contributed by atoms with E-state index in [0.717, 1.165) is 0 Å². The second-order valence-corrected chi connectivity index (χ2v) is 3.99. The van der Waals surface area contributed by atoms with Gasteiger partial charge in [0.1, 0.15) is 5.82 Å². The van der Waals surface area contributed by atoms with E-state index in [4.69, 9.17) is 17.3 Å². The van der Waals surface area contributed by atoms with E-state index in [9.17, 15) is 9.18 Å². The molecule has 1 aromatic carbocycles. The van der Waals surface area contributed by atoms with Gasteiger partial charge in [0.15, 0.2) is 0 Å². The summed E-state index contributed by atoms with van der Waals surface area (Å²) in [6.45, 7) is 0.250. The third-order valence-corrected chi connectivity index (χ3v) is 2.61. The van der Waals surface area contributed by atoms with Crippen molar-refractivity contribution in [1.29, 1.82) is 0 Å². The van der Waals surface area contributed by atoms with Gasteiger partial charge in [0.25, 0.3) is 0 Å². The van der Waals surface area contributed by atoms with E-state index >= 15 is 0 Å². The summed E-state index contributed by atoms with van der Waals surface area (Å²) in [4.78, 5) is 11.2. The first-order valence-electron chi connectivity index (χ1n) is 5.19. The molecular formula is C11H15ClFN3O. The Hall–Kier alpha value is -1.33. The Labute approximate surface area is 104 Å². The summed E-state index contributed by atoms with van der Waals surface area (Å²) in [6.07, 6.45) is 0.208. The lowest BCUT2D eigenvalue weighted by atomic mass is 10.2. The Morgan fingerprint density at radius 1 is 1.59 bits per heavy atom. The van der Waals surface area contributed by atoms with Gasteiger partial charge in [0.2, 0.25) is 5.91 Å². The number of halogens is 2. The minimum Gasteiger partial charge on any atom is -0.379 e. The van der Waals surface area contributed by atoms with Crippen LogP contribution in [-0.4, -0.2) is 25.5 Å². The topological polar surface area (TPSA) is 67.2 Å². The highest BCUT2D eigenvalue weighted by atomic mass is 35.5. The molecule has 0 bridgehead atoms. The lowest BCUT2D eigenvalue weighted by Crippen LogP contribution is -2.34. The van der Waals surface area contributed by atoms with Gasteiger partial charge in [-0.3, -0.25) is 4.79 Å². The molecule has 0 saturated carbocycles. The van der Waals surface area contributed by atoms with E-state index in [1.165, 1.54) is 18.2 Å². The molecule has 0 aliphatic carbocycles. The van der Waals surface area contributed by atoms with E-state index in [1.807, 2.05) is 0 Å². The number of nitrogens with one attached hydrogen (secondary N) is 2. The third kappa shape index (κ3) is 4.20. The summed E-state index contributed by atoms with van der Waals surface area (Å²) in [5, 5.41) is 5.84. The van der Waals surface area contributed by atoms with Crippen molar-refractivity contribution in [2.45, 2.75) is 12.5 Å². The first kappa shape index (κ1) is 13.7. The van der Waals surface area contributed by atoms with E-state index < -0.39 is 5.82 Å². The van der Waals surface area contributed by atoms with Crippen LogP contribution in [0.15, 0.2) is 18.2 Å². The fourth-order valence-corrected chi connectivity index (χ4v) is 1.52. The van der Waals surface area contributed by atoms with Crippen LogP contribution in [-0.2, 0) is 4.79 Å². The molecule has 0 aromatic heterocycles. The largest absolute Gasteiger partial charge is 0.379 e. The molecule has 4 nitrogen and oxygen atoms in total. The number of hydrogen-bond acceptors (Lipinski definition) is 3. The Balaban J connectivity index is 2.73. The van der Waals surface area contributed by atoms with Gasteiger partial charge in [0.05, 0.1) is 10.7 Å². The molecule has 94 valence electrons. The molecule has 4 N–H and O–H groups in total. The Bertz CT molecular complexity index is 400. The minimum absolute atomic E-state index is 0.138. The van der Waals surface area contributed by atoms with Crippen LogP contribution in [0.1, 0.15) is 6.42 Å². The van der Waals surface area contributed by atoms with Crippen LogP contribution in [0.4, 0.5) is 10.1 Å². The van der Waals surface area contributed by atoms with Crippen LogP contribution in [0.5, 0.6) is 0 Å². The monoisotopic (exact) mass is 259 g/mol. The predicted octanol–water partition coefficient (Wildman–Crippen LogP) is 1.35. The zero-order valence-corrected chi connectivity index (χ0v) is 10.2. The van der Waals surface area contributed by atoms with Gasteiger partial charge in [-0.2, -0.15) is 0 Å². The summed E-state index contributed by atoms with van der Waals surface area (Å²) < 4.78 is 13.0. The molecule has 17 heavy (non-hydrogen) atoms. The second kappa shape index (κ2) is 6.42. The minimum atomic E-state index is -0.396. The first-order valence-corrected chi connectivity index (χ1v) is 5.57. The summed E-state index contributed by atoms with van der Waals surface area (Å²) in [6, 6.07) is 3.71. The Morgan fingerprint density at radius 2 is 2.29 bits per heavy atom. The first-order chi connectivity index (χ1) is 8.06. The van der Waals surface area contributed by atoms with Crippen molar-refractivity contribution in [1.82, 2.24) is 5.32 Å². The number of amides is 1. The molecule has 1 atom stereocenters. The number of benzene rings is 1. The van der Waals surface area contributed by atoms with E-state index in [0.29, 0.717) is 10.7 Å². The molecule has 0 radical (unpaired) electrons. The van der Waals surface area contributed by atoms with E-state index in [2.05, 4.69) is 10.6 Å². The summed E-state index contributed by atoms with van der Waals surface area (Å²) in [7, 11) is 1.55. The van der Waals surface area contributed by atoms with Gasteiger partial charge >= 0.3 is 0 Å². The number of hydrogen-bond donors (Lipinski definition) is 3. The number of carbonyl (C=O) groups is 1. The second-order valence-electron chi connectivity index (χ2n) is 3.58. The standard InChI is InChI=1S/C11H15ClFN3O/c1-15-11(17)5-8(6-14)16-10-4-7(13)2-3-9(10)12/h2-4,8,16H,5-6,14H2,1H3,(H,15,17). The molecule has 1 unspecified atom stereocenters. The fourth-order valence-electron chi connectivity index (χ4n) is 1.35. The van der Waals surface area contributed by atoms with Gasteiger partial charge < -0.3 is 16.4 Å². The maximum Gasteiger partial charge on any atom is 0.221 e. The Morgan fingerprint density at radius 3 is 2.88 bits per heavy atom. The lowest BCUT2D eigenvalue weighted by molar-refractivity contribution is -0.120. The summed E-state index contributed by atoms with van der Waals surface area (Å²) in [5.41, 5.74) is 5.97. The van der Waals surface area contributed by atoms with Crippen molar-refractivity contribution in [3.8, 4) is 0 Å². The summed E-state index contributed by atoms with van der Waals surface area (Å²) >= 11 is 5.90. The number of carbonyl (C=O) groups excluding carboxylic acids is 1. The van der Waals surface area contributed by atoms with Crippen molar-refractivity contribution >= 4 is 23.2 Å². The average Bonchev–Trinajstić information content (AvgIpc) is 2.32. The number of nitrogens with two attached hydrogens (primary N) is 1. The van der Waals surface area contributed by atoms with Crippen molar-refractivity contribution < 1.29 is 9.18 Å². The van der Waals surface area contributed by atoms with Crippen LogP contribution in [0.25, 0.3) is 0 Å². The maximum atomic E-state index is 13.0. The molecule has 1 amide bonds.